The van der Waals surface area contributed by atoms with Gasteiger partial charge in [-0.05, 0) is 38.4 Å². The third-order valence-electron chi connectivity index (χ3n) is 1.58. The van der Waals surface area contributed by atoms with Crippen LogP contribution in [0.2, 0.25) is 0 Å². The van der Waals surface area contributed by atoms with Crippen LogP contribution in [0.5, 0.6) is 0 Å². The lowest BCUT2D eigenvalue weighted by Crippen LogP contribution is -2.01. The van der Waals surface area contributed by atoms with Crippen LogP contribution in [0.25, 0.3) is 0 Å². The number of rotatable bonds is 3. The Morgan fingerprint density at radius 1 is 1.45 bits per heavy atom. The molecule has 2 N–H and O–H groups in total. The predicted molar refractivity (Wildman–Crippen MR) is 46.3 cm³/mol. The van der Waals surface area contributed by atoms with Gasteiger partial charge in [0.15, 0.2) is 0 Å². The van der Waals surface area contributed by atoms with Crippen molar-refractivity contribution in [1.82, 2.24) is 4.98 Å². The summed E-state index contributed by atoms with van der Waals surface area (Å²) in [6, 6.07) is 6.09. The average Bonchev–Trinajstić information content (AvgIpc) is 2.01. The smallest absolute Gasteiger partial charge is 0.0407 e. The van der Waals surface area contributed by atoms with Crippen molar-refractivity contribution in [2.45, 2.75) is 19.8 Å². The highest BCUT2D eigenvalue weighted by Crippen LogP contribution is 2.00. The molecule has 0 atom stereocenters. The molecule has 0 aromatic carbocycles. The summed E-state index contributed by atoms with van der Waals surface area (Å²) < 4.78 is 0. The van der Waals surface area contributed by atoms with Gasteiger partial charge in [0, 0.05) is 11.4 Å². The lowest BCUT2D eigenvalue weighted by Gasteiger charge is -1.98. The Kier molecular flexibility index (Phi) is 3.05. The van der Waals surface area contributed by atoms with Crippen molar-refractivity contribution in [2.24, 2.45) is 5.73 Å². The molecule has 1 aromatic heterocycles. The zero-order valence-corrected chi connectivity index (χ0v) is 6.88. The number of nitrogens with two attached hydrogens (primary N) is 1. The molecular weight excluding hydrogens is 136 g/mol. The fourth-order valence-electron chi connectivity index (χ4n) is 1.02. The lowest BCUT2D eigenvalue weighted by molar-refractivity contribution is 0.806. The number of nitrogens with zero attached hydrogens (tertiary/aromatic N) is 1. The van der Waals surface area contributed by atoms with Crippen LogP contribution in [0.4, 0.5) is 0 Å². The standard InChI is InChI=1S/C9H14N2/c1-8-4-2-5-9(11-8)6-3-7-10/h2,4-5H,3,6-7,10H2,1H3. The van der Waals surface area contributed by atoms with Gasteiger partial charge in [-0.15, -0.1) is 0 Å². The maximum Gasteiger partial charge on any atom is 0.0407 e. The first kappa shape index (κ1) is 8.21. The maximum atomic E-state index is 5.39. The molecule has 0 aliphatic heterocycles. The predicted octanol–water partition coefficient (Wildman–Crippen LogP) is 1.28. The third-order valence-corrected chi connectivity index (χ3v) is 1.58. The maximum absolute atomic E-state index is 5.39. The fraction of sp³-hybridized carbons (Fsp3) is 0.444. The molecule has 0 saturated heterocycles. The van der Waals surface area contributed by atoms with Crippen LogP contribution in [-0.4, -0.2) is 11.5 Å². The van der Waals surface area contributed by atoms with Crippen molar-refractivity contribution in [3.05, 3.63) is 29.6 Å². The van der Waals surface area contributed by atoms with Crippen LogP contribution in [0.3, 0.4) is 0 Å². The van der Waals surface area contributed by atoms with E-state index in [0.29, 0.717) is 0 Å². The molecule has 11 heavy (non-hydrogen) atoms. The van der Waals surface area contributed by atoms with E-state index in [4.69, 9.17) is 5.73 Å². The van der Waals surface area contributed by atoms with E-state index < -0.39 is 0 Å². The van der Waals surface area contributed by atoms with Crippen molar-refractivity contribution in [3.8, 4) is 0 Å². The molecule has 0 aliphatic carbocycles. The Balaban J connectivity index is 2.56. The van der Waals surface area contributed by atoms with Gasteiger partial charge in [-0.2, -0.15) is 0 Å². The molecule has 1 heterocycles. The third kappa shape index (κ3) is 2.68. The van der Waals surface area contributed by atoms with Crippen molar-refractivity contribution >= 4 is 0 Å². The monoisotopic (exact) mass is 150 g/mol. The zero-order valence-electron chi connectivity index (χ0n) is 6.88. The summed E-state index contributed by atoms with van der Waals surface area (Å²) >= 11 is 0. The molecule has 0 spiro atoms. The van der Waals surface area contributed by atoms with Crippen molar-refractivity contribution in [2.75, 3.05) is 6.54 Å². The largest absolute Gasteiger partial charge is 0.330 e. The molecule has 1 rings (SSSR count). The summed E-state index contributed by atoms with van der Waals surface area (Å²) in [6.45, 7) is 2.75. The van der Waals surface area contributed by atoms with E-state index in [0.717, 1.165) is 30.8 Å². The van der Waals surface area contributed by atoms with Gasteiger partial charge in [-0.1, -0.05) is 6.07 Å². The molecular formula is C9H14N2. The Hall–Kier alpha value is -0.890. The molecule has 60 valence electrons. The van der Waals surface area contributed by atoms with Gasteiger partial charge in [-0.25, -0.2) is 0 Å². The number of hydrogen-bond donors (Lipinski definition) is 1. The Morgan fingerprint density at radius 3 is 2.91 bits per heavy atom. The molecule has 0 fully saturated rings. The van der Waals surface area contributed by atoms with E-state index in [2.05, 4.69) is 4.98 Å². The van der Waals surface area contributed by atoms with Crippen molar-refractivity contribution < 1.29 is 0 Å². The second-order valence-corrected chi connectivity index (χ2v) is 2.66. The first-order valence-corrected chi connectivity index (χ1v) is 3.95. The molecule has 2 heteroatoms. The minimum Gasteiger partial charge on any atom is -0.330 e. The lowest BCUT2D eigenvalue weighted by atomic mass is 10.2. The van der Waals surface area contributed by atoms with E-state index in [-0.39, 0.29) is 0 Å². The number of hydrogen-bond acceptors (Lipinski definition) is 2. The Labute approximate surface area is 67.5 Å². The summed E-state index contributed by atoms with van der Waals surface area (Å²) in [7, 11) is 0. The fourth-order valence-corrected chi connectivity index (χ4v) is 1.02. The van der Waals surface area contributed by atoms with Crippen molar-refractivity contribution in [1.29, 1.82) is 0 Å². The molecule has 0 radical (unpaired) electrons. The normalized spacial score (nSPS) is 10.0. The summed E-state index contributed by atoms with van der Waals surface area (Å²) in [5.74, 6) is 0. The second-order valence-electron chi connectivity index (χ2n) is 2.66. The van der Waals surface area contributed by atoms with Gasteiger partial charge in [0.05, 0.1) is 0 Å². The summed E-state index contributed by atoms with van der Waals surface area (Å²) in [6.07, 6.45) is 2.02. The van der Waals surface area contributed by atoms with E-state index in [1.807, 2.05) is 25.1 Å². The Bertz CT molecular complexity index is 221. The van der Waals surface area contributed by atoms with E-state index in [1.54, 1.807) is 0 Å². The summed E-state index contributed by atoms with van der Waals surface area (Å²) in [5, 5.41) is 0. The molecule has 0 saturated carbocycles. The van der Waals surface area contributed by atoms with Crippen LogP contribution >= 0.6 is 0 Å². The first-order valence-electron chi connectivity index (χ1n) is 3.95. The van der Waals surface area contributed by atoms with Crippen LogP contribution in [0.15, 0.2) is 18.2 Å². The SMILES string of the molecule is Cc1cccc(CCCN)n1. The molecule has 0 amide bonds. The van der Waals surface area contributed by atoms with Crippen LogP contribution < -0.4 is 5.73 Å². The number of aryl methyl sites for hydroxylation is 2. The van der Waals surface area contributed by atoms with Gasteiger partial charge < -0.3 is 5.73 Å². The number of aromatic nitrogens is 1. The van der Waals surface area contributed by atoms with Crippen LogP contribution in [0.1, 0.15) is 17.8 Å². The van der Waals surface area contributed by atoms with Crippen LogP contribution in [0, 0.1) is 6.92 Å². The summed E-state index contributed by atoms with van der Waals surface area (Å²) in [4.78, 5) is 4.36. The number of pyridine rings is 1. The molecule has 0 aliphatic rings. The van der Waals surface area contributed by atoms with Gasteiger partial charge in [0.1, 0.15) is 0 Å². The minimum absolute atomic E-state index is 0.746. The molecule has 2 nitrogen and oxygen atoms in total. The van der Waals surface area contributed by atoms with Gasteiger partial charge >= 0.3 is 0 Å². The quantitative estimate of drug-likeness (QED) is 0.705. The highest BCUT2D eigenvalue weighted by molar-refractivity contribution is 5.09. The average molecular weight is 150 g/mol. The highest BCUT2D eigenvalue weighted by Gasteiger charge is 1.92. The van der Waals surface area contributed by atoms with E-state index >= 15 is 0 Å². The van der Waals surface area contributed by atoms with Gasteiger partial charge in [-0.3, -0.25) is 4.98 Å². The summed E-state index contributed by atoms with van der Waals surface area (Å²) in [5.41, 5.74) is 7.62. The van der Waals surface area contributed by atoms with Crippen LogP contribution in [-0.2, 0) is 6.42 Å². The molecule has 0 unspecified atom stereocenters. The zero-order chi connectivity index (χ0) is 8.10. The highest BCUT2D eigenvalue weighted by atomic mass is 14.7. The molecule has 0 bridgehead atoms. The van der Waals surface area contributed by atoms with E-state index in [1.165, 1.54) is 0 Å². The van der Waals surface area contributed by atoms with Gasteiger partial charge in [0.25, 0.3) is 0 Å². The van der Waals surface area contributed by atoms with Gasteiger partial charge in [0.2, 0.25) is 0 Å². The van der Waals surface area contributed by atoms with Crippen molar-refractivity contribution in [3.63, 3.8) is 0 Å². The second kappa shape index (κ2) is 4.09. The Morgan fingerprint density at radius 2 is 2.27 bits per heavy atom. The minimum atomic E-state index is 0.746. The first-order chi connectivity index (χ1) is 5.33. The topological polar surface area (TPSA) is 38.9 Å². The van der Waals surface area contributed by atoms with E-state index in [9.17, 15) is 0 Å². The molecule has 1 aromatic rings.